The largest absolute Gasteiger partial charge is 0.388 e. The minimum atomic E-state index is -0.348. The van der Waals surface area contributed by atoms with Gasteiger partial charge in [-0.3, -0.25) is 0 Å². The zero-order chi connectivity index (χ0) is 14.3. The van der Waals surface area contributed by atoms with E-state index in [0.29, 0.717) is 0 Å². The summed E-state index contributed by atoms with van der Waals surface area (Å²) in [4.78, 5) is 8.26. The Hall–Kier alpha value is -1.68. The second-order valence-electron chi connectivity index (χ2n) is 6.54. The van der Waals surface area contributed by atoms with Gasteiger partial charge in [0.05, 0.1) is 18.3 Å². The number of hydrogen-bond donors (Lipinski definition) is 1. The van der Waals surface area contributed by atoms with E-state index in [1.54, 1.807) is 12.5 Å². The fourth-order valence-corrected chi connectivity index (χ4v) is 3.19. The van der Waals surface area contributed by atoms with Crippen molar-refractivity contribution in [3.05, 3.63) is 47.3 Å². The highest BCUT2D eigenvalue weighted by Gasteiger charge is 2.34. The predicted octanol–water partition coefficient (Wildman–Crippen LogP) is 2.64. The molecule has 4 nitrogen and oxygen atoms in total. The highest BCUT2D eigenvalue weighted by atomic mass is 16.3. The zero-order valence-electron chi connectivity index (χ0n) is 12.3. The highest BCUT2D eigenvalue weighted by Crippen LogP contribution is 2.42. The SMILES string of the molecule is Cc1cc2c(n1Cc1ccncn1)CC(C)(C)CC2O. The lowest BCUT2D eigenvalue weighted by molar-refractivity contribution is 0.0981. The van der Waals surface area contributed by atoms with E-state index in [2.05, 4.69) is 41.4 Å². The van der Waals surface area contributed by atoms with Crippen molar-refractivity contribution >= 4 is 0 Å². The smallest absolute Gasteiger partial charge is 0.115 e. The number of rotatable bonds is 2. The zero-order valence-corrected chi connectivity index (χ0v) is 12.3. The van der Waals surface area contributed by atoms with Crippen LogP contribution in [-0.2, 0) is 13.0 Å². The molecule has 0 bridgehead atoms. The average molecular weight is 271 g/mol. The molecule has 0 aliphatic heterocycles. The summed E-state index contributed by atoms with van der Waals surface area (Å²) in [6.07, 6.45) is 4.83. The van der Waals surface area contributed by atoms with Crippen LogP contribution in [0.3, 0.4) is 0 Å². The molecular formula is C16H21N3O. The maximum atomic E-state index is 10.4. The Morgan fingerprint density at radius 3 is 2.95 bits per heavy atom. The van der Waals surface area contributed by atoms with Crippen LogP contribution in [0.1, 0.15) is 49.0 Å². The second kappa shape index (κ2) is 4.70. The average Bonchev–Trinajstić information content (AvgIpc) is 2.67. The molecule has 0 saturated carbocycles. The van der Waals surface area contributed by atoms with Gasteiger partial charge in [0.2, 0.25) is 0 Å². The molecular weight excluding hydrogens is 250 g/mol. The molecule has 106 valence electrons. The molecule has 2 aromatic rings. The van der Waals surface area contributed by atoms with Crippen molar-refractivity contribution in [2.24, 2.45) is 5.41 Å². The van der Waals surface area contributed by atoms with Crippen LogP contribution in [0, 0.1) is 12.3 Å². The molecule has 1 aliphatic rings. The Balaban J connectivity index is 2.01. The minimum absolute atomic E-state index is 0.140. The number of hydrogen-bond acceptors (Lipinski definition) is 3. The summed E-state index contributed by atoms with van der Waals surface area (Å²) in [6.45, 7) is 7.28. The molecule has 0 fully saturated rings. The number of fused-ring (bicyclic) bond motifs is 1. The summed E-state index contributed by atoms with van der Waals surface area (Å²) in [6, 6.07) is 4.06. The molecule has 1 unspecified atom stereocenters. The fourth-order valence-electron chi connectivity index (χ4n) is 3.19. The van der Waals surface area contributed by atoms with Crippen molar-refractivity contribution < 1.29 is 5.11 Å². The monoisotopic (exact) mass is 271 g/mol. The molecule has 20 heavy (non-hydrogen) atoms. The topological polar surface area (TPSA) is 50.9 Å². The summed E-state index contributed by atoms with van der Waals surface area (Å²) < 4.78 is 2.28. The summed E-state index contributed by atoms with van der Waals surface area (Å²) in [5.74, 6) is 0. The maximum absolute atomic E-state index is 10.4. The van der Waals surface area contributed by atoms with E-state index in [4.69, 9.17) is 0 Å². The van der Waals surface area contributed by atoms with Gasteiger partial charge in [-0.1, -0.05) is 13.8 Å². The first-order valence-electron chi connectivity index (χ1n) is 7.08. The third kappa shape index (κ3) is 2.36. The van der Waals surface area contributed by atoms with E-state index < -0.39 is 0 Å². The Kier molecular flexibility index (Phi) is 3.13. The first-order chi connectivity index (χ1) is 9.46. The molecule has 3 rings (SSSR count). The van der Waals surface area contributed by atoms with Crippen molar-refractivity contribution in [2.45, 2.75) is 46.3 Å². The predicted molar refractivity (Wildman–Crippen MR) is 77.4 cm³/mol. The van der Waals surface area contributed by atoms with Crippen LogP contribution >= 0.6 is 0 Å². The Bertz CT molecular complexity index is 616. The lowest BCUT2D eigenvalue weighted by atomic mass is 9.75. The third-order valence-corrected chi connectivity index (χ3v) is 4.16. The molecule has 0 amide bonds. The van der Waals surface area contributed by atoms with Crippen LogP contribution in [0.5, 0.6) is 0 Å². The van der Waals surface area contributed by atoms with Crippen molar-refractivity contribution in [1.29, 1.82) is 0 Å². The maximum Gasteiger partial charge on any atom is 0.115 e. The van der Waals surface area contributed by atoms with E-state index in [1.165, 1.54) is 11.4 Å². The summed E-state index contributed by atoms with van der Waals surface area (Å²) in [5, 5.41) is 10.4. The molecule has 1 atom stereocenters. The van der Waals surface area contributed by atoms with Crippen LogP contribution < -0.4 is 0 Å². The van der Waals surface area contributed by atoms with Gasteiger partial charge in [0.25, 0.3) is 0 Å². The van der Waals surface area contributed by atoms with Gasteiger partial charge >= 0.3 is 0 Å². The Morgan fingerprint density at radius 1 is 1.45 bits per heavy atom. The quantitative estimate of drug-likeness (QED) is 0.913. The Morgan fingerprint density at radius 2 is 2.25 bits per heavy atom. The van der Waals surface area contributed by atoms with Gasteiger partial charge in [0.1, 0.15) is 6.33 Å². The van der Waals surface area contributed by atoms with Gasteiger partial charge < -0.3 is 9.67 Å². The van der Waals surface area contributed by atoms with Crippen LogP contribution in [0.4, 0.5) is 0 Å². The van der Waals surface area contributed by atoms with Gasteiger partial charge in [0.15, 0.2) is 0 Å². The van der Waals surface area contributed by atoms with E-state index in [0.717, 1.165) is 30.6 Å². The molecule has 4 heteroatoms. The Labute approximate surface area is 119 Å². The van der Waals surface area contributed by atoms with Gasteiger partial charge in [-0.25, -0.2) is 9.97 Å². The van der Waals surface area contributed by atoms with Crippen LogP contribution in [0.2, 0.25) is 0 Å². The first-order valence-corrected chi connectivity index (χ1v) is 7.08. The summed E-state index contributed by atoms with van der Waals surface area (Å²) in [7, 11) is 0. The number of aliphatic hydroxyl groups excluding tert-OH is 1. The molecule has 2 heterocycles. The van der Waals surface area contributed by atoms with E-state index >= 15 is 0 Å². The normalized spacial score (nSPS) is 20.7. The van der Waals surface area contributed by atoms with Crippen LogP contribution in [-0.4, -0.2) is 19.6 Å². The fraction of sp³-hybridized carbons (Fsp3) is 0.500. The number of aliphatic hydroxyl groups is 1. The summed E-state index contributed by atoms with van der Waals surface area (Å²) in [5.41, 5.74) is 4.67. The van der Waals surface area contributed by atoms with Crippen molar-refractivity contribution in [1.82, 2.24) is 14.5 Å². The third-order valence-electron chi connectivity index (χ3n) is 4.16. The molecule has 0 aromatic carbocycles. The van der Waals surface area contributed by atoms with Gasteiger partial charge in [-0.05, 0) is 37.3 Å². The van der Waals surface area contributed by atoms with Crippen LogP contribution in [0.25, 0.3) is 0 Å². The van der Waals surface area contributed by atoms with Crippen molar-refractivity contribution in [3.8, 4) is 0 Å². The van der Waals surface area contributed by atoms with E-state index in [-0.39, 0.29) is 11.5 Å². The van der Waals surface area contributed by atoms with Crippen LogP contribution in [0.15, 0.2) is 24.7 Å². The van der Waals surface area contributed by atoms with E-state index in [1.807, 2.05) is 6.07 Å². The second-order valence-corrected chi connectivity index (χ2v) is 6.54. The lowest BCUT2D eigenvalue weighted by Crippen LogP contribution is -2.27. The first kappa shape index (κ1) is 13.3. The lowest BCUT2D eigenvalue weighted by Gasteiger charge is -2.34. The molecule has 2 aromatic heterocycles. The van der Waals surface area contributed by atoms with Crippen molar-refractivity contribution in [3.63, 3.8) is 0 Å². The number of nitrogens with zero attached hydrogens (tertiary/aromatic N) is 3. The van der Waals surface area contributed by atoms with Gasteiger partial charge in [0, 0.05) is 23.1 Å². The molecule has 1 N–H and O–H groups in total. The van der Waals surface area contributed by atoms with Gasteiger partial charge in [-0.15, -0.1) is 0 Å². The van der Waals surface area contributed by atoms with Gasteiger partial charge in [-0.2, -0.15) is 0 Å². The minimum Gasteiger partial charge on any atom is -0.388 e. The highest BCUT2D eigenvalue weighted by molar-refractivity contribution is 5.33. The number of aryl methyl sites for hydroxylation is 1. The van der Waals surface area contributed by atoms with E-state index in [9.17, 15) is 5.11 Å². The molecule has 1 aliphatic carbocycles. The summed E-state index contributed by atoms with van der Waals surface area (Å²) >= 11 is 0. The van der Waals surface area contributed by atoms with Crippen molar-refractivity contribution in [2.75, 3.05) is 0 Å². The molecule has 0 spiro atoms. The number of aromatic nitrogens is 3. The molecule has 0 saturated heterocycles. The standard InChI is InChI=1S/C16H21N3O/c1-11-6-13-14(7-16(2,3)8-15(13)20)19(11)9-12-4-5-17-10-18-12/h4-6,10,15,20H,7-9H2,1-3H3. The molecule has 0 radical (unpaired) electrons.